The third-order valence-corrected chi connectivity index (χ3v) is 6.96. The van der Waals surface area contributed by atoms with E-state index in [1.54, 1.807) is 0 Å². The molecule has 0 aliphatic carbocycles. The molecule has 0 bridgehead atoms. The lowest BCUT2D eigenvalue weighted by Gasteiger charge is -2.26. The maximum atomic E-state index is 12.6. The number of sulfonamides is 2. The van der Waals surface area contributed by atoms with Crippen LogP contribution in [0, 0.1) is 0 Å². The Kier molecular flexibility index (Phi) is 6.27. The standard InChI is InChI=1S/C15H23N3O6S2/c1-16(2)15(19)12-18(25(3,20)21)13-4-6-14(7-5-13)26(22,23)17-8-10-24-11-9-17/h4-7H,8-12H2,1-3H3. The molecule has 0 atom stereocenters. The molecule has 11 heteroatoms. The van der Waals surface area contributed by atoms with Crippen molar-refractivity contribution in [2.24, 2.45) is 0 Å². The van der Waals surface area contributed by atoms with E-state index in [0.717, 1.165) is 10.6 Å². The summed E-state index contributed by atoms with van der Waals surface area (Å²) in [6.45, 7) is 0.868. The first kappa shape index (κ1) is 20.6. The van der Waals surface area contributed by atoms with Crippen LogP contribution < -0.4 is 4.31 Å². The molecule has 1 aliphatic rings. The first-order valence-corrected chi connectivity index (χ1v) is 11.2. The van der Waals surface area contributed by atoms with Gasteiger partial charge in [-0.25, -0.2) is 16.8 Å². The largest absolute Gasteiger partial charge is 0.379 e. The molecule has 1 aromatic carbocycles. The molecule has 1 amide bonds. The molecule has 1 aromatic rings. The van der Waals surface area contributed by atoms with Gasteiger partial charge < -0.3 is 9.64 Å². The number of anilines is 1. The van der Waals surface area contributed by atoms with E-state index in [9.17, 15) is 21.6 Å². The number of nitrogens with zero attached hydrogens (tertiary/aromatic N) is 3. The summed E-state index contributed by atoms with van der Waals surface area (Å²) in [6, 6.07) is 5.46. The highest BCUT2D eigenvalue weighted by Gasteiger charge is 2.27. The van der Waals surface area contributed by atoms with Crippen LogP contribution in [0.4, 0.5) is 5.69 Å². The van der Waals surface area contributed by atoms with E-state index in [1.165, 1.54) is 47.6 Å². The van der Waals surface area contributed by atoms with E-state index >= 15 is 0 Å². The van der Waals surface area contributed by atoms with Gasteiger partial charge in [0, 0.05) is 27.2 Å². The Bertz CT molecular complexity index is 844. The average molecular weight is 405 g/mol. The Morgan fingerprint density at radius 1 is 1.08 bits per heavy atom. The highest BCUT2D eigenvalue weighted by molar-refractivity contribution is 7.92. The van der Waals surface area contributed by atoms with Gasteiger partial charge in [0.05, 0.1) is 30.1 Å². The second-order valence-electron chi connectivity index (χ2n) is 6.07. The molecule has 2 rings (SSSR count). The van der Waals surface area contributed by atoms with Gasteiger partial charge in [0.15, 0.2) is 0 Å². The minimum Gasteiger partial charge on any atom is -0.379 e. The molecule has 0 radical (unpaired) electrons. The number of benzene rings is 1. The van der Waals surface area contributed by atoms with Crippen LogP contribution in [0.3, 0.4) is 0 Å². The number of carbonyl (C=O) groups excluding carboxylic acids is 1. The van der Waals surface area contributed by atoms with Crippen LogP contribution in [-0.4, -0.2) is 85.1 Å². The topological polar surface area (TPSA) is 104 Å². The fourth-order valence-corrected chi connectivity index (χ4v) is 4.64. The van der Waals surface area contributed by atoms with Crippen molar-refractivity contribution >= 4 is 31.6 Å². The number of rotatable bonds is 6. The Labute approximate surface area is 154 Å². The van der Waals surface area contributed by atoms with Gasteiger partial charge >= 0.3 is 0 Å². The maximum absolute atomic E-state index is 12.6. The molecule has 1 aliphatic heterocycles. The summed E-state index contributed by atoms with van der Waals surface area (Å²) in [4.78, 5) is 13.3. The molecule has 9 nitrogen and oxygen atoms in total. The van der Waals surface area contributed by atoms with Crippen LogP contribution >= 0.6 is 0 Å². The van der Waals surface area contributed by atoms with Gasteiger partial charge in [-0.1, -0.05) is 0 Å². The molecule has 1 fully saturated rings. The van der Waals surface area contributed by atoms with Crippen molar-refractivity contribution in [2.75, 3.05) is 57.5 Å². The highest BCUT2D eigenvalue weighted by atomic mass is 32.2. The maximum Gasteiger partial charge on any atom is 0.243 e. The third kappa shape index (κ3) is 4.72. The van der Waals surface area contributed by atoms with E-state index in [1.807, 2.05) is 0 Å². The SMILES string of the molecule is CN(C)C(=O)CN(c1ccc(S(=O)(=O)N2CCOCC2)cc1)S(C)(=O)=O. The summed E-state index contributed by atoms with van der Waals surface area (Å²) in [5.41, 5.74) is 0.226. The molecule has 0 aromatic heterocycles. The second kappa shape index (κ2) is 7.91. The molecule has 0 unspecified atom stereocenters. The van der Waals surface area contributed by atoms with E-state index < -0.39 is 20.0 Å². The fraction of sp³-hybridized carbons (Fsp3) is 0.533. The number of amides is 1. The zero-order valence-electron chi connectivity index (χ0n) is 15.0. The quantitative estimate of drug-likeness (QED) is 0.636. The van der Waals surface area contributed by atoms with Gasteiger partial charge in [-0.05, 0) is 24.3 Å². The Morgan fingerprint density at radius 2 is 1.62 bits per heavy atom. The zero-order chi connectivity index (χ0) is 19.5. The molecular formula is C15H23N3O6S2. The highest BCUT2D eigenvalue weighted by Crippen LogP contribution is 2.23. The number of carbonyl (C=O) groups is 1. The number of likely N-dealkylation sites (N-methyl/N-ethyl adjacent to an activating group) is 1. The minimum atomic E-state index is -3.71. The lowest BCUT2D eigenvalue weighted by Crippen LogP contribution is -2.41. The smallest absolute Gasteiger partial charge is 0.243 e. The summed E-state index contributed by atoms with van der Waals surface area (Å²) < 4.78 is 56.7. The molecule has 1 heterocycles. The Hall–Kier alpha value is -1.69. The lowest BCUT2D eigenvalue weighted by molar-refractivity contribution is -0.127. The van der Waals surface area contributed by atoms with Crippen LogP contribution in [-0.2, 0) is 29.6 Å². The third-order valence-electron chi connectivity index (χ3n) is 3.91. The summed E-state index contributed by atoms with van der Waals surface area (Å²) >= 11 is 0. The van der Waals surface area contributed by atoms with Gasteiger partial charge in [-0.3, -0.25) is 9.10 Å². The number of hydrogen-bond donors (Lipinski definition) is 0. The van der Waals surface area contributed by atoms with Crippen molar-refractivity contribution in [1.29, 1.82) is 0 Å². The van der Waals surface area contributed by atoms with Crippen LogP contribution in [0.5, 0.6) is 0 Å². The monoisotopic (exact) mass is 405 g/mol. The minimum absolute atomic E-state index is 0.0653. The molecule has 0 saturated carbocycles. The van der Waals surface area contributed by atoms with Gasteiger partial charge in [0.1, 0.15) is 6.54 Å². The van der Waals surface area contributed by atoms with Gasteiger partial charge in [0.25, 0.3) is 0 Å². The van der Waals surface area contributed by atoms with Gasteiger partial charge in [-0.15, -0.1) is 0 Å². The van der Waals surface area contributed by atoms with E-state index in [2.05, 4.69) is 0 Å². The Morgan fingerprint density at radius 3 is 2.08 bits per heavy atom. The van der Waals surface area contributed by atoms with Crippen molar-refractivity contribution in [1.82, 2.24) is 9.21 Å². The first-order valence-electron chi connectivity index (χ1n) is 7.89. The molecule has 0 spiro atoms. The summed E-state index contributed by atoms with van der Waals surface area (Å²) in [6.07, 6.45) is 0.994. The van der Waals surface area contributed by atoms with Crippen LogP contribution in [0.1, 0.15) is 0 Å². The van der Waals surface area contributed by atoms with E-state index in [0.29, 0.717) is 13.2 Å². The van der Waals surface area contributed by atoms with Crippen molar-refractivity contribution < 1.29 is 26.4 Å². The van der Waals surface area contributed by atoms with Gasteiger partial charge in [-0.2, -0.15) is 4.31 Å². The van der Waals surface area contributed by atoms with Gasteiger partial charge in [0.2, 0.25) is 26.0 Å². The molecule has 26 heavy (non-hydrogen) atoms. The molecule has 146 valence electrons. The zero-order valence-corrected chi connectivity index (χ0v) is 16.6. The van der Waals surface area contributed by atoms with Crippen molar-refractivity contribution in [3.8, 4) is 0 Å². The molecular weight excluding hydrogens is 382 g/mol. The van der Waals surface area contributed by atoms with Crippen LogP contribution in [0.15, 0.2) is 29.2 Å². The van der Waals surface area contributed by atoms with Crippen molar-refractivity contribution in [3.63, 3.8) is 0 Å². The van der Waals surface area contributed by atoms with E-state index in [-0.39, 0.29) is 36.1 Å². The second-order valence-corrected chi connectivity index (χ2v) is 9.91. The number of hydrogen-bond acceptors (Lipinski definition) is 6. The fourth-order valence-electron chi connectivity index (χ4n) is 2.38. The van der Waals surface area contributed by atoms with E-state index in [4.69, 9.17) is 4.74 Å². The first-order chi connectivity index (χ1) is 12.0. The van der Waals surface area contributed by atoms with Crippen LogP contribution in [0.2, 0.25) is 0 Å². The number of ether oxygens (including phenoxy) is 1. The average Bonchev–Trinajstić information content (AvgIpc) is 2.59. The van der Waals surface area contributed by atoms with Crippen molar-refractivity contribution in [3.05, 3.63) is 24.3 Å². The summed E-state index contributed by atoms with van der Waals surface area (Å²) in [7, 11) is -4.32. The van der Waals surface area contributed by atoms with Crippen molar-refractivity contribution in [2.45, 2.75) is 4.90 Å². The summed E-state index contributed by atoms with van der Waals surface area (Å²) in [5.74, 6) is -0.388. The Balaban J connectivity index is 2.29. The predicted molar refractivity (Wildman–Crippen MR) is 96.9 cm³/mol. The summed E-state index contributed by atoms with van der Waals surface area (Å²) in [5, 5.41) is 0. The lowest BCUT2D eigenvalue weighted by atomic mass is 10.3. The molecule has 1 saturated heterocycles. The normalized spacial score (nSPS) is 16.3. The molecule has 0 N–H and O–H groups in total. The number of morpholine rings is 1. The van der Waals surface area contributed by atoms with Crippen LogP contribution in [0.25, 0.3) is 0 Å². The predicted octanol–water partition coefficient (Wildman–Crippen LogP) is -0.438.